The average Bonchev–Trinajstić information content (AvgIpc) is 2.27. The molecule has 3 nitrogen and oxygen atoms in total. The van der Waals surface area contributed by atoms with Gasteiger partial charge in [0, 0.05) is 23.2 Å². The maximum atomic E-state index is 11.7. The lowest BCUT2D eigenvalue weighted by atomic mass is 10.2. The lowest BCUT2D eigenvalue weighted by Crippen LogP contribution is -2.38. The summed E-state index contributed by atoms with van der Waals surface area (Å²) >= 11 is 5.74. The highest BCUT2D eigenvalue weighted by molar-refractivity contribution is 6.30. The molecule has 0 saturated carbocycles. The molecule has 0 bridgehead atoms. The van der Waals surface area contributed by atoms with Crippen molar-refractivity contribution in [2.75, 3.05) is 13.1 Å². The summed E-state index contributed by atoms with van der Waals surface area (Å²) in [6.07, 6.45) is 0. The third kappa shape index (κ3) is 4.21. The second kappa shape index (κ2) is 6.51. The van der Waals surface area contributed by atoms with Crippen molar-refractivity contribution in [3.05, 3.63) is 34.9 Å². The van der Waals surface area contributed by atoms with Crippen LogP contribution in [0, 0.1) is 0 Å². The average molecular weight is 241 g/mol. The lowest BCUT2D eigenvalue weighted by Gasteiger charge is -2.13. The summed E-state index contributed by atoms with van der Waals surface area (Å²) in [4.78, 5) is 11.7. The van der Waals surface area contributed by atoms with Gasteiger partial charge in [-0.1, -0.05) is 18.5 Å². The molecule has 88 valence electrons. The van der Waals surface area contributed by atoms with Gasteiger partial charge in [-0.3, -0.25) is 4.79 Å². The van der Waals surface area contributed by atoms with Gasteiger partial charge in [-0.15, -0.1) is 0 Å². The Morgan fingerprint density at radius 3 is 2.56 bits per heavy atom. The number of hydrogen-bond donors (Lipinski definition) is 2. The number of carbonyl (C=O) groups excluding carboxylic acids is 1. The Kier molecular flexibility index (Phi) is 5.29. The molecule has 0 saturated heterocycles. The van der Waals surface area contributed by atoms with Gasteiger partial charge in [0.2, 0.25) is 0 Å². The molecule has 0 unspecified atom stereocenters. The Morgan fingerprint density at radius 2 is 2.00 bits per heavy atom. The molecule has 0 aliphatic carbocycles. The molecule has 0 aromatic heterocycles. The van der Waals surface area contributed by atoms with E-state index in [1.54, 1.807) is 24.3 Å². The van der Waals surface area contributed by atoms with Crippen LogP contribution in [-0.4, -0.2) is 25.0 Å². The maximum Gasteiger partial charge on any atom is 0.251 e. The van der Waals surface area contributed by atoms with Crippen LogP contribution in [0.25, 0.3) is 0 Å². The van der Waals surface area contributed by atoms with E-state index in [0.717, 1.165) is 6.54 Å². The van der Waals surface area contributed by atoms with Gasteiger partial charge < -0.3 is 10.6 Å². The number of halogens is 1. The van der Waals surface area contributed by atoms with Crippen LogP contribution in [0.5, 0.6) is 0 Å². The molecule has 0 heterocycles. The fourth-order valence-electron chi connectivity index (χ4n) is 1.37. The minimum atomic E-state index is -0.0681. The Bertz CT molecular complexity index is 337. The molecule has 0 radical (unpaired) electrons. The van der Waals surface area contributed by atoms with Crippen LogP contribution in [0.2, 0.25) is 5.02 Å². The van der Waals surface area contributed by atoms with Crippen molar-refractivity contribution in [2.24, 2.45) is 0 Å². The Labute approximate surface area is 101 Å². The SMILES string of the molecule is CCN[C@H](C)CNC(=O)c1ccc(Cl)cc1. The largest absolute Gasteiger partial charge is 0.350 e. The summed E-state index contributed by atoms with van der Waals surface area (Å²) in [6.45, 7) is 5.59. The molecule has 2 N–H and O–H groups in total. The van der Waals surface area contributed by atoms with Crippen LogP contribution >= 0.6 is 11.6 Å². The fraction of sp³-hybridized carbons (Fsp3) is 0.417. The first kappa shape index (κ1) is 13.0. The Hall–Kier alpha value is -1.06. The number of rotatable bonds is 5. The normalized spacial score (nSPS) is 12.2. The summed E-state index contributed by atoms with van der Waals surface area (Å²) in [5, 5.41) is 6.72. The van der Waals surface area contributed by atoms with Crippen molar-refractivity contribution in [3.63, 3.8) is 0 Å². The minimum absolute atomic E-state index is 0.0681. The van der Waals surface area contributed by atoms with E-state index in [4.69, 9.17) is 11.6 Å². The van der Waals surface area contributed by atoms with Gasteiger partial charge in [-0.2, -0.15) is 0 Å². The topological polar surface area (TPSA) is 41.1 Å². The van der Waals surface area contributed by atoms with E-state index in [0.29, 0.717) is 17.1 Å². The van der Waals surface area contributed by atoms with E-state index in [1.165, 1.54) is 0 Å². The van der Waals surface area contributed by atoms with E-state index >= 15 is 0 Å². The molecule has 1 atom stereocenters. The molecule has 1 amide bonds. The first-order valence-corrected chi connectivity index (χ1v) is 5.78. The third-order valence-electron chi connectivity index (χ3n) is 2.23. The molecule has 1 aromatic rings. The van der Waals surface area contributed by atoms with Gasteiger partial charge in [0.05, 0.1) is 0 Å². The van der Waals surface area contributed by atoms with Crippen molar-refractivity contribution in [2.45, 2.75) is 19.9 Å². The second-order valence-corrected chi connectivity index (χ2v) is 4.11. The maximum absolute atomic E-state index is 11.7. The number of nitrogens with one attached hydrogen (secondary N) is 2. The number of carbonyl (C=O) groups is 1. The van der Waals surface area contributed by atoms with E-state index < -0.39 is 0 Å². The third-order valence-corrected chi connectivity index (χ3v) is 2.48. The van der Waals surface area contributed by atoms with E-state index in [2.05, 4.69) is 10.6 Å². The van der Waals surface area contributed by atoms with Crippen LogP contribution < -0.4 is 10.6 Å². The van der Waals surface area contributed by atoms with Gasteiger partial charge in [0.1, 0.15) is 0 Å². The van der Waals surface area contributed by atoms with E-state index in [-0.39, 0.29) is 11.9 Å². The predicted molar refractivity (Wildman–Crippen MR) is 66.9 cm³/mol. The van der Waals surface area contributed by atoms with Gasteiger partial charge in [-0.05, 0) is 37.7 Å². The number of amides is 1. The second-order valence-electron chi connectivity index (χ2n) is 3.68. The molecule has 0 aliphatic rings. The highest BCUT2D eigenvalue weighted by atomic mass is 35.5. The monoisotopic (exact) mass is 240 g/mol. The summed E-state index contributed by atoms with van der Waals surface area (Å²) < 4.78 is 0. The molecule has 16 heavy (non-hydrogen) atoms. The van der Waals surface area contributed by atoms with E-state index in [9.17, 15) is 4.79 Å². The van der Waals surface area contributed by atoms with Gasteiger partial charge in [0.25, 0.3) is 5.91 Å². The van der Waals surface area contributed by atoms with Crippen LogP contribution in [0.4, 0.5) is 0 Å². The molecule has 1 rings (SSSR count). The zero-order chi connectivity index (χ0) is 12.0. The van der Waals surface area contributed by atoms with Gasteiger partial charge >= 0.3 is 0 Å². The van der Waals surface area contributed by atoms with E-state index in [1.807, 2.05) is 13.8 Å². The molecule has 0 fully saturated rings. The van der Waals surface area contributed by atoms with Crippen LogP contribution in [0.15, 0.2) is 24.3 Å². The highest BCUT2D eigenvalue weighted by Crippen LogP contribution is 2.09. The van der Waals surface area contributed by atoms with Crippen molar-refractivity contribution in [1.29, 1.82) is 0 Å². The standard InChI is InChI=1S/C12H17ClN2O/c1-3-14-9(2)8-15-12(16)10-4-6-11(13)7-5-10/h4-7,9,14H,3,8H2,1-2H3,(H,15,16)/t9-/m1/s1. The molecule has 4 heteroatoms. The summed E-state index contributed by atoms with van der Waals surface area (Å²) in [5.41, 5.74) is 0.632. The molecule has 0 aliphatic heterocycles. The molecule has 0 spiro atoms. The zero-order valence-electron chi connectivity index (χ0n) is 9.59. The Balaban J connectivity index is 2.43. The minimum Gasteiger partial charge on any atom is -0.350 e. The number of hydrogen-bond acceptors (Lipinski definition) is 2. The van der Waals surface area contributed by atoms with Crippen molar-refractivity contribution in [1.82, 2.24) is 10.6 Å². The van der Waals surface area contributed by atoms with Gasteiger partial charge in [0.15, 0.2) is 0 Å². The van der Waals surface area contributed by atoms with Crippen molar-refractivity contribution in [3.8, 4) is 0 Å². The van der Waals surface area contributed by atoms with Crippen LogP contribution in [-0.2, 0) is 0 Å². The smallest absolute Gasteiger partial charge is 0.251 e. The fourth-order valence-corrected chi connectivity index (χ4v) is 1.50. The predicted octanol–water partition coefficient (Wildman–Crippen LogP) is 2.07. The summed E-state index contributed by atoms with van der Waals surface area (Å²) in [5.74, 6) is -0.0681. The van der Waals surface area contributed by atoms with Crippen LogP contribution in [0.1, 0.15) is 24.2 Å². The molecular weight excluding hydrogens is 224 g/mol. The summed E-state index contributed by atoms with van der Waals surface area (Å²) in [6, 6.07) is 7.14. The van der Waals surface area contributed by atoms with Crippen molar-refractivity contribution >= 4 is 17.5 Å². The lowest BCUT2D eigenvalue weighted by molar-refractivity contribution is 0.0950. The van der Waals surface area contributed by atoms with Gasteiger partial charge in [-0.25, -0.2) is 0 Å². The van der Waals surface area contributed by atoms with Crippen LogP contribution in [0.3, 0.4) is 0 Å². The van der Waals surface area contributed by atoms with Crippen molar-refractivity contribution < 1.29 is 4.79 Å². The zero-order valence-corrected chi connectivity index (χ0v) is 10.3. The molecule has 1 aromatic carbocycles. The molecular formula is C12H17ClN2O. The first-order valence-electron chi connectivity index (χ1n) is 5.40. The quantitative estimate of drug-likeness (QED) is 0.827. The number of benzene rings is 1. The first-order chi connectivity index (χ1) is 7.63. The number of likely N-dealkylation sites (N-methyl/N-ethyl adjacent to an activating group) is 1. The Morgan fingerprint density at radius 1 is 1.38 bits per heavy atom. The summed E-state index contributed by atoms with van der Waals surface area (Å²) in [7, 11) is 0. The highest BCUT2D eigenvalue weighted by Gasteiger charge is 2.06.